The van der Waals surface area contributed by atoms with E-state index in [1.54, 1.807) is 7.11 Å². The van der Waals surface area contributed by atoms with E-state index in [9.17, 15) is 0 Å². The Morgan fingerprint density at radius 3 is 2.56 bits per heavy atom. The maximum Gasteiger partial charge on any atom is 0.118 e. The predicted molar refractivity (Wildman–Crippen MR) is 78.3 cm³/mol. The Balaban J connectivity index is 2.00. The Morgan fingerprint density at radius 1 is 1.17 bits per heavy atom. The second-order valence-electron chi connectivity index (χ2n) is 4.97. The molecule has 0 amide bonds. The first-order chi connectivity index (χ1) is 8.83. The van der Waals surface area contributed by atoms with Crippen molar-refractivity contribution in [1.29, 1.82) is 0 Å². The van der Waals surface area contributed by atoms with Crippen molar-refractivity contribution < 1.29 is 4.74 Å². The van der Waals surface area contributed by atoms with Gasteiger partial charge < -0.3 is 10.5 Å². The van der Waals surface area contributed by atoms with E-state index in [1.165, 1.54) is 37.0 Å². The molecule has 0 aromatic heterocycles. The molecule has 0 radical (unpaired) electrons. The highest BCUT2D eigenvalue weighted by atomic mass is 32.2. The summed E-state index contributed by atoms with van der Waals surface area (Å²) in [6.07, 6.45) is 6.67. The molecule has 0 bridgehead atoms. The molecule has 2 N–H and O–H groups in total. The van der Waals surface area contributed by atoms with Crippen LogP contribution in [-0.2, 0) is 0 Å². The van der Waals surface area contributed by atoms with Gasteiger partial charge >= 0.3 is 0 Å². The first kappa shape index (κ1) is 13.8. The number of hydrogen-bond donors (Lipinski definition) is 1. The third-order valence-electron chi connectivity index (χ3n) is 3.74. The van der Waals surface area contributed by atoms with Gasteiger partial charge in [-0.3, -0.25) is 0 Å². The SMILES string of the molecule is COc1ccc(SC2CCCCCC2CN)cc1. The Kier molecular flexibility index (Phi) is 5.39. The topological polar surface area (TPSA) is 35.2 Å². The van der Waals surface area contributed by atoms with Gasteiger partial charge in [0.1, 0.15) is 5.75 Å². The number of benzene rings is 1. The van der Waals surface area contributed by atoms with Gasteiger partial charge in [-0.05, 0) is 49.6 Å². The fourth-order valence-corrected chi connectivity index (χ4v) is 3.97. The Hall–Kier alpha value is -0.670. The molecule has 3 heteroatoms. The van der Waals surface area contributed by atoms with Crippen LogP contribution in [0, 0.1) is 5.92 Å². The van der Waals surface area contributed by atoms with Gasteiger partial charge in [0, 0.05) is 10.1 Å². The molecule has 1 fully saturated rings. The van der Waals surface area contributed by atoms with E-state index in [-0.39, 0.29) is 0 Å². The van der Waals surface area contributed by atoms with Gasteiger partial charge in [-0.15, -0.1) is 11.8 Å². The lowest BCUT2D eigenvalue weighted by Gasteiger charge is -2.23. The molecule has 2 rings (SSSR count). The third kappa shape index (κ3) is 3.66. The van der Waals surface area contributed by atoms with Crippen LogP contribution >= 0.6 is 11.8 Å². The number of methoxy groups -OCH3 is 1. The van der Waals surface area contributed by atoms with Gasteiger partial charge in [0.05, 0.1) is 7.11 Å². The Morgan fingerprint density at radius 2 is 1.89 bits per heavy atom. The molecular weight excluding hydrogens is 242 g/mol. The van der Waals surface area contributed by atoms with E-state index in [2.05, 4.69) is 12.1 Å². The molecule has 0 spiro atoms. The van der Waals surface area contributed by atoms with Crippen LogP contribution in [0.15, 0.2) is 29.2 Å². The molecule has 1 aromatic rings. The summed E-state index contributed by atoms with van der Waals surface area (Å²) in [6.45, 7) is 0.827. The molecule has 1 aliphatic rings. The second kappa shape index (κ2) is 7.05. The molecule has 18 heavy (non-hydrogen) atoms. The molecule has 2 nitrogen and oxygen atoms in total. The number of hydrogen-bond acceptors (Lipinski definition) is 3. The lowest BCUT2D eigenvalue weighted by Crippen LogP contribution is -2.24. The maximum absolute atomic E-state index is 5.93. The number of nitrogens with two attached hydrogens (primary N) is 1. The molecule has 0 heterocycles. The first-order valence-corrected chi connectivity index (χ1v) is 7.72. The highest BCUT2D eigenvalue weighted by molar-refractivity contribution is 8.00. The molecule has 100 valence electrons. The summed E-state index contributed by atoms with van der Waals surface area (Å²) >= 11 is 1.99. The van der Waals surface area contributed by atoms with E-state index in [1.807, 2.05) is 23.9 Å². The zero-order chi connectivity index (χ0) is 12.8. The fourth-order valence-electron chi connectivity index (χ4n) is 2.60. The summed E-state index contributed by atoms with van der Waals surface area (Å²) in [7, 11) is 1.71. The van der Waals surface area contributed by atoms with E-state index >= 15 is 0 Å². The Labute approximate surface area is 114 Å². The monoisotopic (exact) mass is 265 g/mol. The van der Waals surface area contributed by atoms with Crippen molar-refractivity contribution in [3.63, 3.8) is 0 Å². The van der Waals surface area contributed by atoms with Crippen LogP contribution in [0.1, 0.15) is 32.1 Å². The normalized spacial score (nSPS) is 24.6. The molecule has 1 aliphatic carbocycles. The minimum absolute atomic E-state index is 0.680. The average molecular weight is 265 g/mol. The molecule has 0 aliphatic heterocycles. The van der Waals surface area contributed by atoms with Crippen molar-refractivity contribution in [2.24, 2.45) is 11.7 Å². The molecule has 1 saturated carbocycles. The molecule has 2 unspecified atom stereocenters. The van der Waals surface area contributed by atoms with Crippen molar-refractivity contribution >= 4 is 11.8 Å². The van der Waals surface area contributed by atoms with Crippen LogP contribution in [0.3, 0.4) is 0 Å². The number of ether oxygens (including phenoxy) is 1. The maximum atomic E-state index is 5.93. The largest absolute Gasteiger partial charge is 0.497 e. The minimum atomic E-state index is 0.680. The van der Waals surface area contributed by atoms with Crippen molar-refractivity contribution in [2.75, 3.05) is 13.7 Å². The van der Waals surface area contributed by atoms with Crippen LogP contribution in [-0.4, -0.2) is 18.9 Å². The average Bonchev–Trinajstić information content (AvgIpc) is 2.64. The van der Waals surface area contributed by atoms with Gasteiger partial charge in [0.2, 0.25) is 0 Å². The highest BCUT2D eigenvalue weighted by Gasteiger charge is 2.23. The van der Waals surface area contributed by atoms with E-state index in [0.717, 1.165) is 12.3 Å². The number of thioether (sulfide) groups is 1. The van der Waals surface area contributed by atoms with Crippen molar-refractivity contribution in [1.82, 2.24) is 0 Å². The summed E-state index contributed by atoms with van der Waals surface area (Å²) in [6, 6.07) is 8.39. The van der Waals surface area contributed by atoms with Crippen LogP contribution in [0.25, 0.3) is 0 Å². The lowest BCUT2D eigenvalue weighted by atomic mass is 10.0. The van der Waals surface area contributed by atoms with Crippen LogP contribution in [0.4, 0.5) is 0 Å². The summed E-state index contributed by atoms with van der Waals surface area (Å²) in [5.74, 6) is 1.61. The minimum Gasteiger partial charge on any atom is -0.497 e. The second-order valence-corrected chi connectivity index (χ2v) is 6.28. The van der Waals surface area contributed by atoms with Gasteiger partial charge in [0.25, 0.3) is 0 Å². The smallest absolute Gasteiger partial charge is 0.118 e. The van der Waals surface area contributed by atoms with Crippen molar-refractivity contribution in [2.45, 2.75) is 42.2 Å². The summed E-state index contributed by atoms with van der Waals surface area (Å²) in [4.78, 5) is 1.33. The third-order valence-corrected chi connectivity index (χ3v) is 5.21. The van der Waals surface area contributed by atoms with Gasteiger partial charge in [0.15, 0.2) is 0 Å². The van der Waals surface area contributed by atoms with Crippen LogP contribution in [0.2, 0.25) is 0 Å². The highest BCUT2D eigenvalue weighted by Crippen LogP contribution is 2.36. The van der Waals surface area contributed by atoms with Crippen molar-refractivity contribution in [3.8, 4) is 5.75 Å². The standard InChI is InChI=1S/C15H23NOS/c1-17-13-7-9-14(10-8-13)18-15-6-4-2-3-5-12(15)11-16/h7-10,12,15H,2-6,11,16H2,1H3. The fraction of sp³-hybridized carbons (Fsp3) is 0.600. The van der Waals surface area contributed by atoms with Crippen LogP contribution in [0.5, 0.6) is 5.75 Å². The van der Waals surface area contributed by atoms with Crippen LogP contribution < -0.4 is 10.5 Å². The lowest BCUT2D eigenvalue weighted by molar-refractivity contribution is 0.414. The predicted octanol–water partition coefficient (Wildman–Crippen LogP) is 3.69. The van der Waals surface area contributed by atoms with E-state index in [0.29, 0.717) is 11.2 Å². The quantitative estimate of drug-likeness (QED) is 0.843. The Bertz CT molecular complexity index is 352. The number of rotatable bonds is 4. The molecule has 0 saturated heterocycles. The zero-order valence-electron chi connectivity index (χ0n) is 11.1. The summed E-state index contributed by atoms with van der Waals surface area (Å²) < 4.78 is 5.19. The first-order valence-electron chi connectivity index (χ1n) is 6.84. The molecule has 2 atom stereocenters. The van der Waals surface area contributed by atoms with Gasteiger partial charge in [-0.25, -0.2) is 0 Å². The van der Waals surface area contributed by atoms with Gasteiger partial charge in [-0.1, -0.05) is 19.3 Å². The molecule has 1 aromatic carbocycles. The van der Waals surface area contributed by atoms with Crippen molar-refractivity contribution in [3.05, 3.63) is 24.3 Å². The van der Waals surface area contributed by atoms with E-state index in [4.69, 9.17) is 10.5 Å². The van der Waals surface area contributed by atoms with E-state index < -0.39 is 0 Å². The zero-order valence-corrected chi connectivity index (χ0v) is 11.9. The summed E-state index contributed by atoms with van der Waals surface area (Å²) in [5, 5.41) is 0.686. The summed E-state index contributed by atoms with van der Waals surface area (Å²) in [5.41, 5.74) is 5.93. The molecular formula is C15H23NOS. The van der Waals surface area contributed by atoms with Gasteiger partial charge in [-0.2, -0.15) is 0 Å².